The van der Waals surface area contributed by atoms with Gasteiger partial charge >= 0.3 is 0 Å². The Hall–Kier alpha value is -0.530. The fourth-order valence-corrected chi connectivity index (χ4v) is 2.45. The predicted octanol–water partition coefficient (Wildman–Crippen LogP) is 6.32. The summed E-state index contributed by atoms with van der Waals surface area (Å²) >= 11 is 0. The van der Waals surface area contributed by atoms with E-state index < -0.39 is 0 Å². The van der Waals surface area contributed by atoms with Crippen LogP contribution in [0.5, 0.6) is 0 Å². The second-order valence-electron chi connectivity index (χ2n) is 5.83. The van der Waals surface area contributed by atoms with Gasteiger partial charge in [0.05, 0.1) is 5.71 Å². The molecule has 0 unspecified atom stereocenters. The Balaban J connectivity index is 2.99. The molecule has 114 valence electrons. The maximum atomic E-state index is 8.51. The zero-order valence-corrected chi connectivity index (χ0v) is 13.3. The maximum absolute atomic E-state index is 8.51. The van der Waals surface area contributed by atoms with Gasteiger partial charge in [0.1, 0.15) is 0 Å². The number of nitrogens with zero attached hydrogens (tertiary/aromatic N) is 1. The van der Waals surface area contributed by atoms with Crippen LogP contribution in [-0.4, -0.2) is 10.9 Å². The molecule has 19 heavy (non-hydrogen) atoms. The van der Waals surface area contributed by atoms with Gasteiger partial charge in [-0.25, -0.2) is 0 Å². The molecular weight excluding hydrogens is 234 g/mol. The molecule has 0 rings (SSSR count). The van der Waals surface area contributed by atoms with Gasteiger partial charge in [-0.1, -0.05) is 89.1 Å². The highest BCUT2D eigenvalue weighted by Crippen LogP contribution is 2.12. The lowest BCUT2D eigenvalue weighted by Crippen LogP contribution is -1.90. The van der Waals surface area contributed by atoms with Crippen molar-refractivity contribution in [3.8, 4) is 0 Å². The maximum Gasteiger partial charge on any atom is 0.0540 e. The average molecular weight is 269 g/mol. The van der Waals surface area contributed by atoms with Crippen molar-refractivity contribution in [3.63, 3.8) is 0 Å². The van der Waals surface area contributed by atoms with Gasteiger partial charge in [0.25, 0.3) is 0 Å². The van der Waals surface area contributed by atoms with Crippen molar-refractivity contribution in [2.45, 2.75) is 104 Å². The molecule has 0 aliphatic rings. The summed E-state index contributed by atoms with van der Waals surface area (Å²) in [6.07, 6.45) is 18.9. The zero-order chi connectivity index (χ0) is 14.2. The third-order valence-corrected chi connectivity index (χ3v) is 3.81. The summed E-state index contributed by atoms with van der Waals surface area (Å²) in [4.78, 5) is 0. The monoisotopic (exact) mass is 269 g/mol. The molecule has 0 saturated carbocycles. The highest BCUT2D eigenvalue weighted by molar-refractivity contribution is 5.81. The van der Waals surface area contributed by atoms with E-state index >= 15 is 0 Å². The van der Waals surface area contributed by atoms with E-state index in [0.717, 1.165) is 12.1 Å². The Morgan fingerprint density at radius 2 is 1.05 bits per heavy atom. The lowest BCUT2D eigenvalue weighted by molar-refractivity contribution is 0.317. The van der Waals surface area contributed by atoms with Crippen molar-refractivity contribution < 1.29 is 5.21 Å². The van der Waals surface area contributed by atoms with Crippen LogP contribution in [0, 0.1) is 0 Å². The molecule has 0 spiro atoms. The van der Waals surface area contributed by atoms with Crippen LogP contribution in [0.25, 0.3) is 0 Å². The summed E-state index contributed by atoms with van der Waals surface area (Å²) in [5, 5.41) is 11.7. The first-order chi connectivity index (χ1) is 9.31. The molecule has 0 aromatic carbocycles. The molecule has 0 aromatic heterocycles. The third-order valence-electron chi connectivity index (χ3n) is 3.81. The molecule has 0 aliphatic heterocycles. The van der Waals surface area contributed by atoms with Crippen LogP contribution >= 0.6 is 0 Å². The van der Waals surface area contributed by atoms with Crippen molar-refractivity contribution >= 4 is 5.71 Å². The number of unbranched alkanes of at least 4 members (excludes halogenated alkanes) is 12. The van der Waals surface area contributed by atoms with E-state index in [-0.39, 0.29) is 0 Å². The summed E-state index contributed by atoms with van der Waals surface area (Å²) in [6.45, 7) is 4.17. The van der Waals surface area contributed by atoms with Gasteiger partial charge in [-0.3, -0.25) is 0 Å². The first-order valence-corrected chi connectivity index (χ1v) is 8.48. The summed E-state index contributed by atoms with van der Waals surface area (Å²) in [5.74, 6) is 0. The largest absolute Gasteiger partial charge is 0.411 e. The fourth-order valence-electron chi connectivity index (χ4n) is 2.45. The lowest BCUT2D eigenvalue weighted by atomic mass is 10.0. The van der Waals surface area contributed by atoms with E-state index in [9.17, 15) is 0 Å². The quantitative estimate of drug-likeness (QED) is 0.170. The van der Waals surface area contributed by atoms with E-state index in [1.807, 2.05) is 6.92 Å². The Kier molecular flexibility index (Phi) is 15.1. The van der Waals surface area contributed by atoms with E-state index in [1.54, 1.807) is 0 Å². The molecule has 0 aliphatic carbocycles. The third kappa shape index (κ3) is 15.4. The van der Waals surface area contributed by atoms with Crippen LogP contribution in [0.3, 0.4) is 0 Å². The summed E-state index contributed by atoms with van der Waals surface area (Å²) < 4.78 is 0. The van der Waals surface area contributed by atoms with Crippen LogP contribution in [0.1, 0.15) is 104 Å². The van der Waals surface area contributed by atoms with Gasteiger partial charge in [0, 0.05) is 0 Å². The summed E-state index contributed by atoms with van der Waals surface area (Å²) in [5.41, 5.74) is 0.864. The van der Waals surface area contributed by atoms with E-state index in [1.165, 1.54) is 83.5 Å². The van der Waals surface area contributed by atoms with Gasteiger partial charge in [-0.2, -0.15) is 0 Å². The van der Waals surface area contributed by atoms with Gasteiger partial charge in [-0.15, -0.1) is 0 Å². The van der Waals surface area contributed by atoms with Gasteiger partial charge in [0.2, 0.25) is 0 Å². The van der Waals surface area contributed by atoms with E-state index in [4.69, 9.17) is 5.21 Å². The summed E-state index contributed by atoms with van der Waals surface area (Å²) in [6, 6.07) is 0. The lowest BCUT2D eigenvalue weighted by Gasteiger charge is -2.03. The van der Waals surface area contributed by atoms with Crippen LogP contribution in [-0.2, 0) is 0 Å². The molecule has 0 heterocycles. The molecule has 0 saturated heterocycles. The second kappa shape index (κ2) is 15.5. The Morgan fingerprint density at radius 1 is 0.684 bits per heavy atom. The normalized spacial score (nSPS) is 12.0. The summed E-state index contributed by atoms with van der Waals surface area (Å²) in [7, 11) is 0. The average Bonchev–Trinajstić information content (AvgIpc) is 2.43. The first kappa shape index (κ1) is 18.5. The van der Waals surface area contributed by atoms with Crippen LogP contribution in [0.2, 0.25) is 0 Å². The minimum absolute atomic E-state index is 0.864. The molecule has 1 N–H and O–H groups in total. The molecule has 0 radical (unpaired) electrons. The van der Waals surface area contributed by atoms with Gasteiger partial charge in [-0.05, 0) is 19.8 Å². The number of oxime groups is 1. The highest BCUT2D eigenvalue weighted by atomic mass is 16.4. The van der Waals surface area contributed by atoms with Crippen molar-refractivity contribution in [1.29, 1.82) is 0 Å². The minimum Gasteiger partial charge on any atom is -0.411 e. The number of hydrogen-bond donors (Lipinski definition) is 1. The van der Waals surface area contributed by atoms with Crippen molar-refractivity contribution in [1.82, 2.24) is 0 Å². The predicted molar refractivity (Wildman–Crippen MR) is 85.2 cm³/mol. The molecule has 0 amide bonds. The second-order valence-corrected chi connectivity index (χ2v) is 5.83. The Morgan fingerprint density at radius 3 is 1.42 bits per heavy atom. The van der Waals surface area contributed by atoms with Crippen molar-refractivity contribution in [3.05, 3.63) is 0 Å². The highest BCUT2D eigenvalue weighted by Gasteiger charge is 1.95. The Labute approximate surface area is 120 Å². The first-order valence-electron chi connectivity index (χ1n) is 8.48. The Bertz CT molecular complexity index is 201. The molecule has 0 fully saturated rings. The molecule has 2 nitrogen and oxygen atoms in total. The van der Waals surface area contributed by atoms with Crippen LogP contribution in [0.4, 0.5) is 0 Å². The SMILES string of the molecule is CCCCCCCCCCCCCCC/C(C)=N/O. The van der Waals surface area contributed by atoms with Crippen molar-refractivity contribution in [2.24, 2.45) is 5.16 Å². The standard InChI is InChI=1S/C17H35NO/c1-3-4-5-6-7-8-9-10-11-12-13-14-15-16-17(2)18-19/h19H,3-16H2,1-2H3/b18-17+. The minimum atomic E-state index is 0.864. The molecule has 0 atom stereocenters. The van der Waals surface area contributed by atoms with E-state index in [2.05, 4.69) is 12.1 Å². The van der Waals surface area contributed by atoms with Crippen LogP contribution < -0.4 is 0 Å². The number of rotatable bonds is 14. The fraction of sp³-hybridized carbons (Fsp3) is 0.941. The smallest absolute Gasteiger partial charge is 0.0540 e. The zero-order valence-electron chi connectivity index (χ0n) is 13.3. The molecule has 0 aromatic rings. The van der Waals surface area contributed by atoms with E-state index in [0.29, 0.717) is 0 Å². The van der Waals surface area contributed by atoms with Gasteiger partial charge < -0.3 is 5.21 Å². The molecular formula is C17H35NO. The van der Waals surface area contributed by atoms with Crippen molar-refractivity contribution in [2.75, 3.05) is 0 Å². The molecule has 2 heteroatoms. The topological polar surface area (TPSA) is 32.6 Å². The van der Waals surface area contributed by atoms with Gasteiger partial charge in [0.15, 0.2) is 0 Å². The molecule has 0 bridgehead atoms. The van der Waals surface area contributed by atoms with Crippen LogP contribution in [0.15, 0.2) is 5.16 Å². The number of hydrogen-bond acceptors (Lipinski definition) is 2.